The van der Waals surface area contributed by atoms with E-state index < -0.39 is 15.6 Å². The van der Waals surface area contributed by atoms with Gasteiger partial charge in [0, 0.05) is 11.6 Å². The average Bonchev–Trinajstić information content (AvgIpc) is 3.35. The zero-order valence-corrected chi connectivity index (χ0v) is 15.9. The van der Waals surface area contributed by atoms with Gasteiger partial charge in [-0.3, -0.25) is 0 Å². The smallest absolute Gasteiger partial charge is 0.247 e. The molecule has 0 aliphatic carbocycles. The van der Waals surface area contributed by atoms with Gasteiger partial charge in [-0.25, -0.2) is 13.4 Å². The highest BCUT2D eigenvalue weighted by Gasteiger charge is 2.22. The largest absolute Gasteiger partial charge is 0.493 e. The molecule has 0 radical (unpaired) electrons. The van der Waals surface area contributed by atoms with Crippen molar-refractivity contribution in [1.29, 1.82) is 0 Å². The first-order chi connectivity index (χ1) is 13.5. The third-order valence-electron chi connectivity index (χ3n) is 4.16. The van der Waals surface area contributed by atoms with Gasteiger partial charge < -0.3 is 18.9 Å². The van der Waals surface area contributed by atoms with Gasteiger partial charge >= 0.3 is 0 Å². The number of nitrogens with one attached hydrogen (secondary N) is 1. The molecule has 0 aliphatic rings. The number of aromatic amines is 1. The topological polar surface area (TPSA) is 120 Å². The molecule has 0 atom stereocenters. The number of hydrogen-bond donors (Lipinski definition) is 1. The summed E-state index contributed by atoms with van der Waals surface area (Å²) in [6.45, 7) is 0. The summed E-state index contributed by atoms with van der Waals surface area (Å²) >= 11 is 0. The predicted octanol–water partition coefficient (Wildman–Crippen LogP) is 2.60. The molecule has 2 heterocycles. The van der Waals surface area contributed by atoms with E-state index >= 15 is 0 Å². The number of rotatable bonds is 6. The standard InChI is InChI=1S/C18H16N4O5S/c1-25-15-6-4-12(8-16(15)26-2)28(23,24)9-17-21-22-18(27-17)11-3-5-13-14(7-11)20-10-19-13/h3-8,10H,9H2,1-2H3,(H,19,20). The second-order valence-corrected chi connectivity index (χ2v) is 7.90. The summed E-state index contributed by atoms with van der Waals surface area (Å²) in [6.07, 6.45) is 1.59. The lowest BCUT2D eigenvalue weighted by Crippen LogP contribution is -2.06. The average molecular weight is 400 g/mol. The number of H-pyrrole nitrogens is 1. The third-order valence-corrected chi connectivity index (χ3v) is 5.76. The first-order valence-electron chi connectivity index (χ1n) is 8.21. The van der Waals surface area contributed by atoms with Gasteiger partial charge in [0.15, 0.2) is 21.3 Å². The molecule has 9 nitrogen and oxygen atoms in total. The first-order valence-corrected chi connectivity index (χ1v) is 9.86. The Labute approximate surface area is 160 Å². The van der Waals surface area contributed by atoms with Gasteiger partial charge in [-0.1, -0.05) is 0 Å². The molecular weight excluding hydrogens is 384 g/mol. The van der Waals surface area contributed by atoms with Crippen LogP contribution in [0, 0.1) is 0 Å². The van der Waals surface area contributed by atoms with Crippen LogP contribution in [0.3, 0.4) is 0 Å². The molecule has 0 aliphatic heterocycles. The summed E-state index contributed by atoms with van der Waals surface area (Å²) in [7, 11) is -0.797. The Hall–Kier alpha value is -3.40. The number of aromatic nitrogens is 4. The summed E-state index contributed by atoms with van der Waals surface area (Å²) in [5.74, 6) is 0.548. The van der Waals surface area contributed by atoms with Crippen LogP contribution in [0.15, 0.2) is 52.0 Å². The zero-order chi connectivity index (χ0) is 19.7. The van der Waals surface area contributed by atoms with Crippen LogP contribution in [-0.2, 0) is 15.6 Å². The van der Waals surface area contributed by atoms with Crippen molar-refractivity contribution < 1.29 is 22.3 Å². The van der Waals surface area contributed by atoms with E-state index in [2.05, 4.69) is 20.2 Å². The minimum absolute atomic E-state index is 0.00749. The number of nitrogens with zero attached hydrogens (tertiary/aromatic N) is 3. The highest BCUT2D eigenvalue weighted by molar-refractivity contribution is 7.90. The third kappa shape index (κ3) is 3.29. The van der Waals surface area contributed by atoms with E-state index in [1.54, 1.807) is 18.5 Å². The van der Waals surface area contributed by atoms with E-state index in [4.69, 9.17) is 13.9 Å². The molecule has 0 fully saturated rings. The molecule has 0 spiro atoms. The fraction of sp³-hybridized carbons (Fsp3) is 0.167. The van der Waals surface area contributed by atoms with Crippen LogP contribution in [-0.4, -0.2) is 42.8 Å². The number of methoxy groups -OCH3 is 2. The number of ether oxygens (including phenoxy) is 2. The Morgan fingerprint density at radius 2 is 1.86 bits per heavy atom. The Morgan fingerprint density at radius 1 is 1.04 bits per heavy atom. The highest BCUT2D eigenvalue weighted by Crippen LogP contribution is 2.31. The molecule has 0 amide bonds. The van der Waals surface area contributed by atoms with Gasteiger partial charge in [0.05, 0.1) is 36.5 Å². The van der Waals surface area contributed by atoms with Crippen molar-refractivity contribution in [3.05, 3.63) is 48.6 Å². The number of fused-ring (bicyclic) bond motifs is 1. The van der Waals surface area contributed by atoms with E-state index in [9.17, 15) is 8.42 Å². The Bertz CT molecular complexity index is 1250. The van der Waals surface area contributed by atoms with E-state index in [0.717, 1.165) is 11.0 Å². The van der Waals surface area contributed by atoms with Crippen LogP contribution in [0.1, 0.15) is 5.89 Å². The molecular formula is C18H16N4O5S. The van der Waals surface area contributed by atoms with Crippen LogP contribution in [0.2, 0.25) is 0 Å². The first kappa shape index (κ1) is 18.0. The minimum atomic E-state index is -3.71. The summed E-state index contributed by atoms with van der Waals surface area (Å²) < 4.78 is 41.3. The molecule has 10 heteroatoms. The molecule has 4 aromatic rings. The van der Waals surface area contributed by atoms with Crippen LogP contribution in [0.4, 0.5) is 0 Å². The lowest BCUT2D eigenvalue weighted by atomic mass is 10.2. The number of imidazole rings is 1. The Kier molecular flexibility index (Phi) is 4.47. The number of benzene rings is 2. The summed E-state index contributed by atoms with van der Waals surface area (Å²) in [5, 5.41) is 7.82. The van der Waals surface area contributed by atoms with E-state index in [0.29, 0.717) is 17.1 Å². The summed E-state index contributed by atoms with van der Waals surface area (Å²) in [4.78, 5) is 7.24. The molecule has 2 aromatic carbocycles. The van der Waals surface area contributed by atoms with Gasteiger partial charge in [0.25, 0.3) is 0 Å². The predicted molar refractivity (Wildman–Crippen MR) is 99.8 cm³/mol. The SMILES string of the molecule is COc1ccc(S(=O)(=O)Cc2nnc(-c3ccc4[nH]cnc4c3)o2)cc1OC. The van der Waals surface area contributed by atoms with Gasteiger partial charge in [0.1, 0.15) is 5.75 Å². The van der Waals surface area contributed by atoms with E-state index in [1.165, 1.54) is 32.4 Å². The quantitative estimate of drug-likeness (QED) is 0.524. The van der Waals surface area contributed by atoms with Gasteiger partial charge in [-0.15, -0.1) is 10.2 Å². The number of hydrogen-bond acceptors (Lipinski definition) is 8. The van der Waals surface area contributed by atoms with Crippen LogP contribution >= 0.6 is 0 Å². The molecule has 4 rings (SSSR count). The maximum absolute atomic E-state index is 12.7. The van der Waals surface area contributed by atoms with Gasteiger partial charge in [-0.2, -0.15) is 0 Å². The lowest BCUT2D eigenvalue weighted by Gasteiger charge is -2.09. The normalized spacial score (nSPS) is 11.6. The van der Waals surface area contributed by atoms with Crippen molar-refractivity contribution >= 4 is 20.9 Å². The van der Waals surface area contributed by atoms with Crippen molar-refractivity contribution in [1.82, 2.24) is 20.2 Å². The summed E-state index contributed by atoms with van der Waals surface area (Å²) in [5.41, 5.74) is 2.27. The minimum Gasteiger partial charge on any atom is -0.493 e. The van der Waals surface area contributed by atoms with Crippen LogP contribution < -0.4 is 9.47 Å². The number of sulfone groups is 1. The molecule has 144 valence electrons. The maximum Gasteiger partial charge on any atom is 0.247 e. The molecule has 0 saturated carbocycles. The fourth-order valence-corrected chi connectivity index (χ4v) is 3.92. The molecule has 0 bridgehead atoms. The molecule has 1 N–H and O–H groups in total. The summed E-state index contributed by atoms with van der Waals surface area (Å²) in [6, 6.07) is 9.79. The van der Waals surface area contributed by atoms with E-state index in [-0.39, 0.29) is 16.7 Å². The molecule has 2 aromatic heterocycles. The van der Waals surface area contributed by atoms with Crippen molar-refractivity contribution in [3.63, 3.8) is 0 Å². The molecule has 0 unspecified atom stereocenters. The zero-order valence-electron chi connectivity index (χ0n) is 15.0. The van der Waals surface area contributed by atoms with Crippen molar-refractivity contribution in [2.24, 2.45) is 0 Å². The highest BCUT2D eigenvalue weighted by atomic mass is 32.2. The monoisotopic (exact) mass is 400 g/mol. The van der Waals surface area contributed by atoms with E-state index in [1.807, 2.05) is 6.07 Å². The van der Waals surface area contributed by atoms with Crippen molar-refractivity contribution in [2.75, 3.05) is 14.2 Å². The Morgan fingerprint density at radius 3 is 2.64 bits per heavy atom. The van der Waals surface area contributed by atoms with Gasteiger partial charge in [0.2, 0.25) is 11.8 Å². The fourth-order valence-electron chi connectivity index (χ4n) is 2.75. The molecule has 28 heavy (non-hydrogen) atoms. The van der Waals surface area contributed by atoms with Gasteiger partial charge in [-0.05, 0) is 30.3 Å². The van der Waals surface area contributed by atoms with Crippen molar-refractivity contribution in [3.8, 4) is 23.0 Å². The molecule has 0 saturated heterocycles. The second-order valence-electron chi connectivity index (χ2n) is 5.91. The Balaban J connectivity index is 1.60. The van der Waals surface area contributed by atoms with Crippen LogP contribution in [0.25, 0.3) is 22.5 Å². The maximum atomic E-state index is 12.7. The lowest BCUT2D eigenvalue weighted by molar-refractivity contribution is 0.354. The van der Waals surface area contributed by atoms with Crippen molar-refractivity contribution in [2.45, 2.75) is 10.6 Å². The van der Waals surface area contributed by atoms with Crippen LogP contribution in [0.5, 0.6) is 11.5 Å². The second kappa shape index (κ2) is 6.97.